The van der Waals surface area contributed by atoms with Crippen molar-refractivity contribution in [1.29, 1.82) is 5.26 Å². The van der Waals surface area contributed by atoms with E-state index in [1.165, 1.54) is 6.20 Å². The molecule has 0 bridgehead atoms. The Morgan fingerprint density at radius 1 is 1.47 bits per heavy atom. The second-order valence-corrected chi connectivity index (χ2v) is 3.26. The van der Waals surface area contributed by atoms with Crippen molar-refractivity contribution < 1.29 is 9.53 Å². The lowest BCUT2D eigenvalue weighted by Crippen LogP contribution is -2.12. The average molecular weight is 230 g/mol. The van der Waals surface area contributed by atoms with Crippen LogP contribution in [0.1, 0.15) is 12.5 Å². The van der Waals surface area contributed by atoms with E-state index in [2.05, 4.69) is 5.32 Å². The van der Waals surface area contributed by atoms with Crippen molar-refractivity contribution >= 4 is 5.97 Å². The van der Waals surface area contributed by atoms with Crippen LogP contribution in [0.15, 0.2) is 42.1 Å². The van der Waals surface area contributed by atoms with Crippen molar-refractivity contribution in [3.05, 3.63) is 47.7 Å². The van der Waals surface area contributed by atoms with Crippen LogP contribution in [0.5, 0.6) is 0 Å². The van der Waals surface area contributed by atoms with Gasteiger partial charge in [0.2, 0.25) is 0 Å². The number of nitrogens with one attached hydrogen (secondary N) is 1. The number of nitriles is 1. The number of rotatable bonds is 5. The Morgan fingerprint density at radius 2 is 2.18 bits per heavy atom. The number of esters is 1. The smallest absolute Gasteiger partial charge is 0.350 e. The fourth-order valence-corrected chi connectivity index (χ4v) is 1.21. The van der Waals surface area contributed by atoms with E-state index in [1.54, 1.807) is 13.0 Å². The molecule has 0 radical (unpaired) electrons. The van der Waals surface area contributed by atoms with Crippen LogP contribution >= 0.6 is 0 Å². The first kappa shape index (κ1) is 12.8. The van der Waals surface area contributed by atoms with Crippen LogP contribution in [0.3, 0.4) is 0 Å². The Kier molecular flexibility index (Phi) is 5.32. The predicted octanol–water partition coefficient (Wildman–Crippen LogP) is 1.75. The third kappa shape index (κ3) is 4.39. The Hall–Kier alpha value is -2.28. The third-order valence-corrected chi connectivity index (χ3v) is 2.01. The molecular formula is C13H14N2O2. The molecule has 4 heteroatoms. The van der Waals surface area contributed by atoms with Gasteiger partial charge in [-0.3, -0.25) is 0 Å². The van der Waals surface area contributed by atoms with Gasteiger partial charge in [0.05, 0.1) is 6.61 Å². The van der Waals surface area contributed by atoms with Crippen molar-refractivity contribution in [3.8, 4) is 6.07 Å². The summed E-state index contributed by atoms with van der Waals surface area (Å²) in [5.41, 5.74) is 1.05. The van der Waals surface area contributed by atoms with Gasteiger partial charge in [0.1, 0.15) is 6.07 Å². The highest BCUT2D eigenvalue weighted by Crippen LogP contribution is 1.99. The highest BCUT2D eigenvalue weighted by molar-refractivity contribution is 5.92. The van der Waals surface area contributed by atoms with Crippen LogP contribution in [-0.4, -0.2) is 12.6 Å². The van der Waals surface area contributed by atoms with Crippen LogP contribution in [0.2, 0.25) is 0 Å². The molecule has 0 saturated carbocycles. The molecule has 1 aromatic rings. The summed E-state index contributed by atoms with van der Waals surface area (Å²) in [7, 11) is 0. The van der Waals surface area contributed by atoms with E-state index in [0.29, 0.717) is 6.54 Å². The molecule has 0 amide bonds. The maximum absolute atomic E-state index is 11.3. The van der Waals surface area contributed by atoms with Gasteiger partial charge >= 0.3 is 5.97 Å². The van der Waals surface area contributed by atoms with E-state index in [1.807, 2.05) is 30.3 Å². The molecule has 0 aliphatic rings. The topological polar surface area (TPSA) is 62.1 Å². The first-order valence-corrected chi connectivity index (χ1v) is 5.32. The van der Waals surface area contributed by atoms with E-state index < -0.39 is 5.97 Å². The molecule has 0 atom stereocenters. The molecule has 0 aliphatic carbocycles. The molecule has 0 heterocycles. The molecule has 17 heavy (non-hydrogen) atoms. The van der Waals surface area contributed by atoms with Gasteiger partial charge in [-0.1, -0.05) is 30.3 Å². The molecule has 1 rings (SSSR count). The summed E-state index contributed by atoms with van der Waals surface area (Å²) < 4.78 is 4.73. The average Bonchev–Trinajstić information content (AvgIpc) is 2.36. The van der Waals surface area contributed by atoms with Gasteiger partial charge in [0.25, 0.3) is 0 Å². The molecule has 0 saturated heterocycles. The number of carbonyl (C=O) groups is 1. The number of nitrogens with zero attached hydrogens (tertiary/aromatic N) is 1. The number of hydrogen-bond acceptors (Lipinski definition) is 4. The first-order chi connectivity index (χ1) is 8.27. The van der Waals surface area contributed by atoms with Crippen LogP contribution in [0, 0.1) is 11.3 Å². The maximum Gasteiger partial charge on any atom is 0.350 e. The summed E-state index contributed by atoms with van der Waals surface area (Å²) in [5.74, 6) is -0.601. The van der Waals surface area contributed by atoms with Gasteiger partial charge in [-0.05, 0) is 12.5 Å². The first-order valence-electron chi connectivity index (χ1n) is 5.32. The van der Waals surface area contributed by atoms with Crippen LogP contribution in [0.4, 0.5) is 0 Å². The molecule has 1 aromatic carbocycles. The molecular weight excluding hydrogens is 216 g/mol. The summed E-state index contributed by atoms with van der Waals surface area (Å²) in [6, 6.07) is 11.5. The molecule has 0 aliphatic heterocycles. The normalized spacial score (nSPS) is 10.5. The van der Waals surface area contributed by atoms with E-state index in [9.17, 15) is 4.79 Å². The van der Waals surface area contributed by atoms with Crippen LogP contribution in [0.25, 0.3) is 0 Å². The van der Waals surface area contributed by atoms with Gasteiger partial charge in [-0.15, -0.1) is 0 Å². The van der Waals surface area contributed by atoms with Crippen molar-refractivity contribution in [2.45, 2.75) is 13.5 Å². The summed E-state index contributed by atoms with van der Waals surface area (Å²) in [6.45, 7) is 2.52. The van der Waals surface area contributed by atoms with Crippen LogP contribution in [-0.2, 0) is 16.1 Å². The van der Waals surface area contributed by atoms with Gasteiger partial charge in [-0.25, -0.2) is 4.79 Å². The van der Waals surface area contributed by atoms with Crippen LogP contribution < -0.4 is 5.32 Å². The summed E-state index contributed by atoms with van der Waals surface area (Å²) >= 11 is 0. The molecule has 0 aromatic heterocycles. The monoisotopic (exact) mass is 230 g/mol. The fourth-order valence-electron chi connectivity index (χ4n) is 1.21. The second-order valence-electron chi connectivity index (χ2n) is 3.26. The predicted molar refractivity (Wildman–Crippen MR) is 63.6 cm³/mol. The summed E-state index contributed by atoms with van der Waals surface area (Å²) in [5, 5.41) is 11.7. The molecule has 0 spiro atoms. The van der Waals surface area contributed by atoms with Gasteiger partial charge in [0.15, 0.2) is 5.57 Å². The highest BCUT2D eigenvalue weighted by atomic mass is 16.5. The van der Waals surface area contributed by atoms with E-state index >= 15 is 0 Å². The van der Waals surface area contributed by atoms with Gasteiger partial charge in [-0.2, -0.15) is 5.26 Å². The zero-order chi connectivity index (χ0) is 12.5. The number of hydrogen-bond donors (Lipinski definition) is 1. The van der Waals surface area contributed by atoms with E-state index in [4.69, 9.17) is 10.00 Å². The Morgan fingerprint density at radius 3 is 2.76 bits per heavy atom. The summed E-state index contributed by atoms with van der Waals surface area (Å²) in [6.07, 6.45) is 1.38. The molecule has 88 valence electrons. The Bertz CT molecular complexity index is 432. The largest absolute Gasteiger partial charge is 0.462 e. The number of carbonyl (C=O) groups excluding carboxylic acids is 1. The quantitative estimate of drug-likeness (QED) is 0.475. The van der Waals surface area contributed by atoms with Crippen molar-refractivity contribution in [1.82, 2.24) is 5.32 Å². The number of benzene rings is 1. The van der Waals surface area contributed by atoms with Gasteiger partial charge < -0.3 is 10.1 Å². The minimum atomic E-state index is -0.601. The van der Waals surface area contributed by atoms with Crippen molar-refractivity contribution in [2.24, 2.45) is 0 Å². The second kappa shape index (κ2) is 7.07. The van der Waals surface area contributed by atoms with Crippen molar-refractivity contribution in [2.75, 3.05) is 6.61 Å². The minimum absolute atomic E-state index is 0.0252. The zero-order valence-electron chi connectivity index (χ0n) is 9.64. The lowest BCUT2D eigenvalue weighted by molar-refractivity contribution is -0.138. The summed E-state index contributed by atoms with van der Waals surface area (Å²) in [4.78, 5) is 11.3. The highest BCUT2D eigenvalue weighted by Gasteiger charge is 2.08. The van der Waals surface area contributed by atoms with Crippen molar-refractivity contribution in [3.63, 3.8) is 0 Å². The van der Waals surface area contributed by atoms with E-state index in [0.717, 1.165) is 5.56 Å². The standard InChI is InChI=1S/C13H14N2O2/c1-2-17-13(16)12(8-14)10-15-9-11-6-4-3-5-7-11/h3-7,10,15H,2,9H2,1H3/b12-10+. The van der Waals surface area contributed by atoms with Gasteiger partial charge in [0, 0.05) is 12.7 Å². The lowest BCUT2D eigenvalue weighted by Gasteiger charge is -2.02. The molecule has 0 fully saturated rings. The molecule has 0 unspecified atom stereocenters. The SMILES string of the molecule is CCOC(=O)/C(C#N)=C/NCc1ccccc1. The maximum atomic E-state index is 11.3. The van der Waals surface area contributed by atoms with E-state index in [-0.39, 0.29) is 12.2 Å². The molecule has 4 nitrogen and oxygen atoms in total. The number of ether oxygens (including phenoxy) is 1. The lowest BCUT2D eigenvalue weighted by atomic mass is 10.2. The molecule has 1 N–H and O–H groups in total. The Balaban J connectivity index is 2.52. The minimum Gasteiger partial charge on any atom is -0.462 e. The fraction of sp³-hybridized carbons (Fsp3) is 0.231. The Labute approximate surface area is 101 Å². The zero-order valence-corrected chi connectivity index (χ0v) is 9.64. The third-order valence-electron chi connectivity index (χ3n) is 2.01.